The third kappa shape index (κ3) is 11.6. The number of hydrogen-bond acceptors (Lipinski definition) is 4. The molecule has 0 bridgehead atoms. The Balaban J connectivity index is 2.24. The van der Waals surface area contributed by atoms with Crippen LogP contribution < -0.4 is 10.6 Å². The van der Waals surface area contributed by atoms with E-state index in [1.807, 2.05) is 27.7 Å². The maximum atomic E-state index is 13.9. The van der Waals surface area contributed by atoms with Crippen molar-refractivity contribution >= 4 is 17.7 Å². The van der Waals surface area contributed by atoms with Crippen LogP contribution in [0.5, 0.6) is 0 Å². The Kier molecular flexibility index (Phi) is 13.9. The van der Waals surface area contributed by atoms with Crippen molar-refractivity contribution in [3.63, 3.8) is 0 Å². The molecule has 3 amide bonds. The highest BCUT2D eigenvalue weighted by molar-refractivity contribution is 6.00. The minimum atomic E-state index is -1.12. The second-order valence-electron chi connectivity index (χ2n) is 11.1. The lowest BCUT2D eigenvalue weighted by Gasteiger charge is -2.25. The van der Waals surface area contributed by atoms with Gasteiger partial charge < -0.3 is 20.6 Å². The highest BCUT2D eigenvalue weighted by atomic mass is 19.1. The molecule has 3 N–H and O–H groups in total. The van der Waals surface area contributed by atoms with Gasteiger partial charge in [0.05, 0.1) is 12.1 Å². The van der Waals surface area contributed by atoms with Gasteiger partial charge in [0.15, 0.2) is 0 Å². The predicted octanol–water partition coefficient (Wildman–Crippen LogP) is 5.18. The number of carbonyl (C=O) groups excluding carboxylic acids is 3. The van der Waals surface area contributed by atoms with Gasteiger partial charge in [0.1, 0.15) is 11.6 Å². The Morgan fingerprint density at radius 1 is 0.902 bits per heavy atom. The number of halogens is 2. The fraction of sp³-hybridized carbons (Fsp3) is 0.531. The van der Waals surface area contributed by atoms with Gasteiger partial charge in [-0.05, 0) is 86.4 Å². The maximum Gasteiger partial charge on any atom is 0.253 e. The molecule has 0 spiro atoms. The molecule has 0 unspecified atom stereocenters. The first-order valence-corrected chi connectivity index (χ1v) is 14.5. The summed E-state index contributed by atoms with van der Waals surface area (Å²) in [5, 5.41) is 16.6. The Hall–Kier alpha value is -3.33. The largest absolute Gasteiger partial charge is 0.391 e. The highest BCUT2D eigenvalue weighted by Gasteiger charge is 2.24. The summed E-state index contributed by atoms with van der Waals surface area (Å²) in [6, 6.07) is 7.07. The first kappa shape index (κ1) is 33.9. The van der Waals surface area contributed by atoms with Gasteiger partial charge in [0.25, 0.3) is 11.8 Å². The minimum absolute atomic E-state index is 0.0404. The third-order valence-electron chi connectivity index (χ3n) is 6.73. The van der Waals surface area contributed by atoms with Crippen LogP contribution in [0.2, 0.25) is 0 Å². The predicted molar refractivity (Wildman–Crippen MR) is 157 cm³/mol. The number of amides is 3. The monoisotopic (exact) mass is 573 g/mol. The van der Waals surface area contributed by atoms with Gasteiger partial charge in [-0.25, -0.2) is 8.78 Å². The Bertz CT molecular complexity index is 1150. The van der Waals surface area contributed by atoms with E-state index in [4.69, 9.17) is 0 Å². The molecule has 226 valence electrons. The lowest BCUT2D eigenvalue weighted by molar-refractivity contribution is -0.121. The molecule has 0 saturated heterocycles. The molecule has 0 aliphatic heterocycles. The summed E-state index contributed by atoms with van der Waals surface area (Å²) in [5.74, 6) is -1.95. The van der Waals surface area contributed by atoms with Crippen molar-refractivity contribution in [1.29, 1.82) is 0 Å². The number of aryl methyl sites for hydroxylation is 1. The minimum Gasteiger partial charge on any atom is -0.391 e. The second kappa shape index (κ2) is 16.8. The molecule has 0 aromatic heterocycles. The summed E-state index contributed by atoms with van der Waals surface area (Å²) in [5.41, 5.74) is 1.63. The molecular weight excluding hydrogens is 528 g/mol. The standard InChI is InChI=1S/C32H45F2N3O4/c1-6-12-37(13-7-2)32(41)25-15-22(5)14-24(19-25)31(40)36-28(18-23-16-26(33)20-27(34)17-23)29(38)10-11-35-30(39)9-8-21(3)4/h14-17,19-21,28-29,38H,6-13,18H2,1-5H3,(H,35,39)(H,36,40)/t28-,29-/m0/s1. The fourth-order valence-corrected chi connectivity index (χ4v) is 4.66. The third-order valence-corrected chi connectivity index (χ3v) is 6.73. The Labute approximate surface area is 242 Å². The zero-order valence-corrected chi connectivity index (χ0v) is 24.9. The van der Waals surface area contributed by atoms with Gasteiger partial charge in [-0.15, -0.1) is 0 Å². The molecule has 2 rings (SSSR count). The van der Waals surface area contributed by atoms with Crippen LogP contribution in [0.25, 0.3) is 0 Å². The average molecular weight is 574 g/mol. The maximum absolute atomic E-state index is 13.9. The molecule has 2 atom stereocenters. The second-order valence-corrected chi connectivity index (χ2v) is 11.1. The quantitative estimate of drug-likeness (QED) is 0.258. The van der Waals surface area contributed by atoms with Crippen molar-refractivity contribution in [2.24, 2.45) is 5.92 Å². The lowest BCUT2D eigenvalue weighted by atomic mass is 9.97. The lowest BCUT2D eigenvalue weighted by Crippen LogP contribution is -2.46. The van der Waals surface area contributed by atoms with E-state index in [0.29, 0.717) is 31.0 Å². The van der Waals surface area contributed by atoms with Gasteiger partial charge in [-0.3, -0.25) is 14.4 Å². The van der Waals surface area contributed by atoms with Crippen molar-refractivity contribution in [2.45, 2.75) is 85.3 Å². The summed E-state index contributed by atoms with van der Waals surface area (Å²) in [6.07, 6.45) is 1.70. The molecule has 0 heterocycles. The topological polar surface area (TPSA) is 98.7 Å². The molecule has 0 aliphatic rings. The molecule has 0 radical (unpaired) electrons. The normalized spacial score (nSPS) is 12.6. The summed E-state index contributed by atoms with van der Waals surface area (Å²) in [4.78, 5) is 40.5. The zero-order valence-electron chi connectivity index (χ0n) is 24.9. The first-order valence-electron chi connectivity index (χ1n) is 14.5. The number of rotatable bonds is 16. The number of nitrogens with one attached hydrogen (secondary N) is 2. The van der Waals surface area contributed by atoms with E-state index in [0.717, 1.165) is 43.0 Å². The van der Waals surface area contributed by atoms with Crippen LogP contribution in [0.4, 0.5) is 8.78 Å². The van der Waals surface area contributed by atoms with E-state index in [1.165, 1.54) is 6.07 Å². The molecule has 0 fully saturated rings. The molecule has 9 heteroatoms. The van der Waals surface area contributed by atoms with Crippen LogP contribution in [0, 0.1) is 24.5 Å². The highest BCUT2D eigenvalue weighted by Crippen LogP contribution is 2.17. The molecule has 7 nitrogen and oxygen atoms in total. The number of aliphatic hydroxyl groups excluding tert-OH is 1. The summed E-state index contributed by atoms with van der Waals surface area (Å²) < 4.78 is 27.8. The number of benzene rings is 2. The molecule has 2 aromatic carbocycles. The van der Waals surface area contributed by atoms with E-state index >= 15 is 0 Å². The number of nitrogens with zero attached hydrogens (tertiary/aromatic N) is 1. The van der Waals surface area contributed by atoms with E-state index in [-0.39, 0.29) is 42.3 Å². The zero-order chi connectivity index (χ0) is 30.5. The SMILES string of the molecule is CCCN(CCC)C(=O)c1cc(C)cc(C(=O)N[C@@H](Cc2cc(F)cc(F)c2)[C@@H](O)CCNC(=O)CCC(C)C)c1. The number of aliphatic hydroxyl groups is 1. The van der Waals surface area contributed by atoms with E-state index in [9.17, 15) is 28.3 Å². The van der Waals surface area contributed by atoms with Gasteiger partial charge in [0.2, 0.25) is 5.91 Å². The number of hydrogen-bond donors (Lipinski definition) is 3. The van der Waals surface area contributed by atoms with E-state index in [1.54, 1.807) is 24.0 Å². The molecule has 0 aliphatic carbocycles. The van der Waals surface area contributed by atoms with Gasteiger partial charge in [-0.2, -0.15) is 0 Å². The van der Waals surface area contributed by atoms with Crippen LogP contribution >= 0.6 is 0 Å². The van der Waals surface area contributed by atoms with Gasteiger partial charge in [-0.1, -0.05) is 27.7 Å². The van der Waals surface area contributed by atoms with Crippen LogP contribution in [0.3, 0.4) is 0 Å². The van der Waals surface area contributed by atoms with Gasteiger partial charge in [0, 0.05) is 43.2 Å². The van der Waals surface area contributed by atoms with Crippen LogP contribution in [-0.2, 0) is 11.2 Å². The van der Waals surface area contributed by atoms with Crippen molar-refractivity contribution in [2.75, 3.05) is 19.6 Å². The molecule has 2 aromatic rings. The van der Waals surface area contributed by atoms with Crippen molar-refractivity contribution in [1.82, 2.24) is 15.5 Å². The van der Waals surface area contributed by atoms with Gasteiger partial charge >= 0.3 is 0 Å². The molecule has 41 heavy (non-hydrogen) atoms. The first-order chi connectivity index (χ1) is 19.4. The van der Waals surface area contributed by atoms with Crippen molar-refractivity contribution in [3.05, 3.63) is 70.3 Å². The average Bonchev–Trinajstić information content (AvgIpc) is 2.90. The van der Waals surface area contributed by atoms with Crippen LogP contribution in [-0.4, -0.2) is 59.5 Å². The molecular formula is C32H45F2N3O4. The van der Waals surface area contributed by atoms with Crippen LogP contribution in [0.15, 0.2) is 36.4 Å². The fourth-order valence-electron chi connectivity index (χ4n) is 4.66. The Morgan fingerprint density at radius 2 is 1.51 bits per heavy atom. The summed E-state index contributed by atoms with van der Waals surface area (Å²) in [6.45, 7) is 11.2. The molecule has 0 saturated carbocycles. The van der Waals surface area contributed by atoms with Crippen molar-refractivity contribution < 1.29 is 28.3 Å². The summed E-state index contributed by atoms with van der Waals surface area (Å²) in [7, 11) is 0. The number of carbonyl (C=O) groups is 3. The Morgan fingerprint density at radius 3 is 2.10 bits per heavy atom. The van der Waals surface area contributed by atoms with E-state index in [2.05, 4.69) is 10.6 Å². The summed E-state index contributed by atoms with van der Waals surface area (Å²) >= 11 is 0. The van der Waals surface area contributed by atoms with Crippen molar-refractivity contribution in [3.8, 4) is 0 Å². The van der Waals surface area contributed by atoms with Crippen LogP contribution in [0.1, 0.15) is 91.6 Å². The van der Waals surface area contributed by atoms with E-state index < -0.39 is 29.7 Å². The smallest absolute Gasteiger partial charge is 0.253 e.